The number of carbonyl (C=O) groups excluding carboxylic acids is 1. The molecule has 1 aliphatic rings. The fraction of sp³-hybridized carbons (Fsp3) is 0.667. The van der Waals surface area contributed by atoms with Gasteiger partial charge in [0, 0.05) is 33.4 Å². The third kappa shape index (κ3) is 3.46. The summed E-state index contributed by atoms with van der Waals surface area (Å²) in [4.78, 5) is 13.6. The molecule has 0 spiro atoms. The van der Waals surface area contributed by atoms with Crippen molar-refractivity contribution in [2.45, 2.75) is 18.9 Å². The predicted molar refractivity (Wildman–Crippen MR) is 68.5 cm³/mol. The molecule has 1 fully saturated rings. The molecule has 1 atom stereocenters. The van der Waals surface area contributed by atoms with Crippen LogP contribution in [0.2, 0.25) is 0 Å². The second-order valence-electron chi connectivity index (χ2n) is 4.67. The number of ether oxygens (including phenoxy) is 1. The molecule has 1 N–H and O–H groups in total. The topological polar surface area (TPSA) is 59.4 Å². The summed E-state index contributed by atoms with van der Waals surface area (Å²) < 4.78 is 7.17. The van der Waals surface area contributed by atoms with E-state index in [1.807, 2.05) is 25.2 Å². The van der Waals surface area contributed by atoms with E-state index in [1.165, 1.54) is 0 Å². The normalized spacial score (nSPS) is 18.9. The number of hydrogen-bond donors (Lipinski definition) is 1. The van der Waals surface area contributed by atoms with E-state index < -0.39 is 0 Å². The predicted octanol–water partition coefficient (Wildman–Crippen LogP) is 0.152. The maximum absolute atomic E-state index is 11.8. The summed E-state index contributed by atoms with van der Waals surface area (Å²) in [6.45, 7) is 1.76. The number of likely N-dealkylation sites (N-methyl/N-ethyl adjacent to an activating group) is 1. The van der Waals surface area contributed by atoms with E-state index in [9.17, 15) is 4.79 Å². The van der Waals surface area contributed by atoms with Crippen molar-refractivity contribution in [2.75, 3.05) is 31.6 Å². The largest absolute Gasteiger partial charge is 0.376 e. The third-order valence-electron chi connectivity index (χ3n) is 3.06. The molecule has 1 aromatic rings. The molecule has 6 heteroatoms. The average molecular weight is 252 g/mol. The Morgan fingerprint density at radius 3 is 3.17 bits per heavy atom. The van der Waals surface area contributed by atoms with Crippen LogP contribution in [0.15, 0.2) is 12.4 Å². The Bertz CT molecular complexity index is 399. The number of amides is 1. The lowest BCUT2D eigenvalue weighted by Gasteiger charge is -2.17. The molecule has 18 heavy (non-hydrogen) atoms. The Morgan fingerprint density at radius 2 is 2.56 bits per heavy atom. The zero-order chi connectivity index (χ0) is 13.0. The third-order valence-corrected chi connectivity index (χ3v) is 3.06. The highest BCUT2D eigenvalue weighted by molar-refractivity contribution is 5.81. The quantitative estimate of drug-likeness (QED) is 0.810. The van der Waals surface area contributed by atoms with Crippen molar-refractivity contribution in [2.24, 2.45) is 7.05 Å². The molecule has 1 aliphatic heterocycles. The summed E-state index contributed by atoms with van der Waals surface area (Å²) >= 11 is 0. The monoisotopic (exact) mass is 252 g/mol. The first-order valence-electron chi connectivity index (χ1n) is 6.23. The molecule has 0 saturated carbocycles. The Labute approximate surface area is 107 Å². The number of aryl methyl sites for hydroxylation is 1. The Hall–Kier alpha value is -1.56. The van der Waals surface area contributed by atoms with Gasteiger partial charge in [0.15, 0.2) is 0 Å². The highest BCUT2D eigenvalue weighted by atomic mass is 16.5. The van der Waals surface area contributed by atoms with Crippen molar-refractivity contribution < 1.29 is 9.53 Å². The molecule has 1 unspecified atom stereocenters. The van der Waals surface area contributed by atoms with Crippen LogP contribution in [0.3, 0.4) is 0 Å². The van der Waals surface area contributed by atoms with Gasteiger partial charge in [0.2, 0.25) is 5.91 Å². The number of carbonyl (C=O) groups is 1. The van der Waals surface area contributed by atoms with Crippen molar-refractivity contribution in [3.8, 4) is 0 Å². The van der Waals surface area contributed by atoms with Crippen LogP contribution in [0.25, 0.3) is 0 Å². The number of anilines is 1. The van der Waals surface area contributed by atoms with Crippen LogP contribution in [0.4, 0.5) is 5.69 Å². The molecule has 2 rings (SSSR count). The van der Waals surface area contributed by atoms with Gasteiger partial charge in [-0.25, -0.2) is 0 Å². The average Bonchev–Trinajstić information content (AvgIpc) is 2.97. The van der Waals surface area contributed by atoms with Gasteiger partial charge in [0.05, 0.1) is 24.5 Å². The molecule has 0 radical (unpaired) electrons. The lowest BCUT2D eigenvalue weighted by atomic mass is 10.2. The molecule has 0 bridgehead atoms. The fourth-order valence-corrected chi connectivity index (χ4v) is 2.00. The molecular weight excluding hydrogens is 232 g/mol. The second-order valence-corrected chi connectivity index (χ2v) is 4.67. The summed E-state index contributed by atoms with van der Waals surface area (Å²) in [5.41, 5.74) is 0.935. The number of hydrogen-bond acceptors (Lipinski definition) is 4. The van der Waals surface area contributed by atoms with E-state index in [4.69, 9.17) is 4.74 Å². The first-order valence-corrected chi connectivity index (χ1v) is 6.23. The van der Waals surface area contributed by atoms with Crippen LogP contribution in [0, 0.1) is 0 Å². The molecule has 100 valence electrons. The minimum atomic E-state index is 0.0110. The lowest BCUT2D eigenvalue weighted by molar-refractivity contribution is -0.120. The van der Waals surface area contributed by atoms with E-state index in [0.29, 0.717) is 13.1 Å². The number of aromatic nitrogens is 2. The summed E-state index contributed by atoms with van der Waals surface area (Å²) in [5.74, 6) is 0.0110. The van der Waals surface area contributed by atoms with Crippen molar-refractivity contribution in [3.05, 3.63) is 12.4 Å². The van der Waals surface area contributed by atoms with Gasteiger partial charge in [-0.2, -0.15) is 5.10 Å². The van der Waals surface area contributed by atoms with Crippen LogP contribution in [0.1, 0.15) is 12.8 Å². The molecule has 0 aromatic carbocycles. The lowest BCUT2D eigenvalue weighted by Crippen LogP contribution is -2.38. The summed E-state index contributed by atoms with van der Waals surface area (Å²) in [7, 11) is 3.73. The van der Waals surface area contributed by atoms with Crippen LogP contribution < -0.4 is 10.2 Å². The fourth-order valence-electron chi connectivity index (χ4n) is 2.00. The van der Waals surface area contributed by atoms with Crippen LogP contribution in [-0.4, -0.2) is 48.5 Å². The number of nitrogens with zero attached hydrogens (tertiary/aromatic N) is 3. The van der Waals surface area contributed by atoms with Gasteiger partial charge in [-0.1, -0.05) is 0 Å². The van der Waals surface area contributed by atoms with Crippen molar-refractivity contribution in [1.29, 1.82) is 0 Å². The Balaban J connectivity index is 1.73. The van der Waals surface area contributed by atoms with Gasteiger partial charge >= 0.3 is 0 Å². The smallest absolute Gasteiger partial charge is 0.239 e. The zero-order valence-electron chi connectivity index (χ0n) is 10.9. The summed E-state index contributed by atoms with van der Waals surface area (Å²) in [5, 5.41) is 6.98. The highest BCUT2D eigenvalue weighted by Gasteiger charge is 2.16. The van der Waals surface area contributed by atoms with Gasteiger partial charge in [0.25, 0.3) is 0 Å². The second kappa shape index (κ2) is 5.86. The van der Waals surface area contributed by atoms with Gasteiger partial charge < -0.3 is 15.0 Å². The molecule has 6 nitrogen and oxygen atoms in total. The first kappa shape index (κ1) is 12.9. The first-order chi connectivity index (χ1) is 8.65. The number of nitrogens with one attached hydrogen (secondary N) is 1. The van der Waals surface area contributed by atoms with Crippen LogP contribution >= 0.6 is 0 Å². The van der Waals surface area contributed by atoms with Crippen molar-refractivity contribution in [3.63, 3.8) is 0 Å². The van der Waals surface area contributed by atoms with Crippen molar-refractivity contribution >= 4 is 11.6 Å². The van der Waals surface area contributed by atoms with Gasteiger partial charge in [0.1, 0.15) is 0 Å². The molecular formula is C12H20N4O2. The molecule has 1 amide bonds. The Morgan fingerprint density at radius 1 is 1.72 bits per heavy atom. The molecule has 1 saturated heterocycles. The van der Waals surface area contributed by atoms with Crippen LogP contribution in [-0.2, 0) is 16.6 Å². The van der Waals surface area contributed by atoms with E-state index >= 15 is 0 Å². The van der Waals surface area contributed by atoms with E-state index in [0.717, 1.165) is 25.1 Å². The highest BCUT2D eigenvalue weighted by Crippen LogP contribution is 2.11. The van der Waals surface area contributed by atoms with Gasteiger partial charge in [-0.15, -0.1) is 0 Å². The number of rotatable bonds is 5. The minimum absolute atomic E-state index is 0.0110. The maximum Gasteiger partial charge on any atom is 0.239 e. The SMILES string of the molecule is CN(CC(=O)NCC1CCCO1)c1cnn(C)c1. The Kier molecular flexibility index (Phi) is 4.19. The summed E-state index contributed by atoms with van der Waals surface area (Å²) in [6.07, 6.45) is 5.95. The molecule has 2 heterocycles. The van der Waals surface area contributed by atoms with Crippen molar-refractivity contribution in [1.82, 2.24) is 15.1 Å². The maximum atomic E-state index is 11.8. The molecule has 1 aromatic heterocycles. The molecule has 0 aliphatic carbocycles. The summed E-state index contributed by atoms with van der Waals surface area (Å²) in [6, 6.07) is 0. The van der Waals surface area contributed by atoms with E-state index in [2.05, 4.69) is 10.4 Å². The van der Waals surface area contributed by atoms with Crippen LogP contribution in [0.5, 0.6) is 0 Å². The van der Waals surface area contributed by atoms with E-state index in [-0.39, 0.29) is 12.0 Å². The van der Waals surface area contributed by atoms with Gasteiger partial charge in [-0.3, -0.25) is 9.48 Å². The van der Waals surface area contributed by atoms with Gasteiger partial charge in [-0.05, 0) is 12.8 Å². The standard InChI is InChI=1S/C12H20N4O2/c1-15(10-6-14-16(2)8-10)9-12(17)13-7-11-4-3-5-18-11/h6,8,11H,3-5,7,9H2,1-2H3,(H,13,17). The van der Waals surface area contributed by atoms with E-state index in [1.54, 1.807) is 10.9 Å². The minimum Gasteiger partial charge on any atom is -0.376 e. The zero-order valence-corrected chi connectivity index (χ0v) is 10.9.